The lowest BCUT2D eigenvalue weighted by Gasteiger charge is -2.42. The Balaban J connectivity index is 1.96. The Labute approximate surface area is 118 Å². The highest BCUT2D eigenvalue weighted by Crippen LogP contribution is 2.38. The monoisotopic (exact) mass is 268 g/mol. The molecule has 0 aromatic heterocycles. The maximum atomic E-state index is 9.51. The zero-order chi connectivity index (χ0) is 13.7. The van der Waals surface area contributed by atoms with E-state index in [0.29, 0.717) is 24.1 Å². The minimum atomic E-state index is 0.341. The van der Waals surface area contributed by atoms with E-state index in [1.807, 2.05) is 0 Å². The van der Waals surface area contributed by atoms with E-state index in [4.69, 9.17) is 0 Å². The van der Waals surface area contributed by atoms with Gasteiger partial charge in [0, 0.05) is 25.2 Å². The highest BCUT2D eigenvalue weighted by atomic mass is 16.3. The van der Waals surface area contributed by atoms with Crippen molar-refractivity contribution in [3.05, 3.63) is 0 Å². The largest absolute Gasteiger partial charge is 0.395 e. The second kappa shape index (κ2) is 7.05. The molecule has 2 rings (SSSR count). The maximum Gasteiger partial charge on any atom is 0.0586 e. The molecule has 0 amide bonds. The summed E-state index contributed by atoms with van der Waals surface area (Å²) in [5.41, 5.74) is 0.459. The average molecular weight is 268 g/mol. The summed E-state index contributed by atoms with van der Waals surface area (Å²) in [6.45, 7) is 8.35. The van der Waals surface area contributed by atoms with Crippen LogP contribution < -0.4 is 5.32 Å². The molecule has 1 heterocycles. The Kier molecular flexibility index (Phi) is 5.67. The average Bonchev–Trinajstić information content (AvgIpc) is 2.85. The second-order valence-electron chi connectivity index (χ2n) is 7.05. The molecule has 3 heteroatoms. The highest BCUT2D eigenvalue weighted by Gasteiger charge is 2.36. The summed E-state index contributed by atoms with van der Waals surface area (Å²) < 4.78 is 0. The first-order valence-corrected chi connectivity index (χ1v) is 8.23. The van der Waals surface area contributed by atoms with Crippen molar-refractivity contribution in [3.8, 4) is 0 Å². The van der Waals surface area contributed by atoms with Crippen molar-refractivity contribution in [1.82, 2.24) is 10.2 Å². The molecule has 1 atom stereocenters. The molecule has 1 aliphatic heterocycles. The molecule has 1 saturated carbocycles. The number of aliphatic hydroxyl groups excluding tert-OH is 1. The van der Waals surface area contributed by atoms with Crippen LogP contribution in [0.1, 0.15) is 58.8 Å². The van der Waals surface area contributed by atoms with Gasteiger partial charge in [0.15, 0.2) is 0 Å². The smallest absolute Gasteiger partial charge is 0.0586 e. The Bertz CT molecular complexity index is 261. The standard InChI is InChI=1S/C16H32N2O/c1-14(2)17-12-16(8-4-3-5-9-16)13-18-10-6-7-15(18)11-19/h14-15,17,19H,3-13H2,1-2H3. The van der Waals surface area contributed by atoms with Gasteiger partial charge in [-0.2, -0.15) is 0 Å². The van der Waals surface area contributed by atoms with Crippen molar-refractivity contribution >= 4 is 0 Å². The summed E-state index contributed by atoms with van der Waals surface area (Å²) in [7, 11) is 0. The van der Waals surface area contributed by atoms with Gasteiger partial charge >= 0.3 is 0 Å². The van der Waals surface area contributed by atoms with Gasteiger partial charge in [0.25, 0.3) is 0 Å². The fourth-order valence-corrected chi connectivity index (χ4v) is 3.85. The third-order valence-electron chi connectivity index (χ3n) is 5.05. The number of hydrogen-bond donors (Lipinski definition) is 2. The molecule has 3 nitrogen and oxygen atoms in total. The molecule has 2 fully saturated rings. The van der Waals surface area contributed by atoms with Crippen LogP contribution in [0, 0.1) is 5.41 Å². The van der Waals surface area contributed by atoms with Gasteiger partial charge in [0.1, 0.15) is 0 Å². The Morgan fingerprint density at radius 3 is 2.58 bits per heavy atom. The normalized spacial score (nSPS) is 28.1. The summed E-state index contributed by atoms with van der Waals surface area (Å²) in [6, 6.07) is 1.00. The van der Waals surface area contributed by atoms with Crippen LogP contribution in [0.15, 0.2) is 0 Å². The SMILES string of the molecule is CC(C)NCC1(CN2CCCC2CO)CCCCC1. The lowest BCUT2D eigenvalue weighted by atomic mass is 9.73. The van der Waals surface area contributed by atoms with Gasteiger partial charge in [-0.05, 0) is 37.6 Å². The Morgan fingerprint density at radius 2 is 1.95 bits per heavy atom. The topological polar surface area (TPSA) is 35.5 Å². The molecule has 1 aliphatic carbocycles. The van der Waals surface area contributed by atoms with Crippen LogP contribution in [0.4, 0.5) is 0 Å². The third kappa shape index (κ3) is 4.17. The van der Waals surface area contributed by atoms with Crippen molar-refractivity contribution in [1.29, 1.82) is 0 Å². The molecule has 2 aliphatic rings. The van der Waals surface area contributed by atoms with E-state index in [1.54, 1.807) is 0 Å². The quantitative estimate of drug-likeness (QED) is 0.776. The van der Waals surface area contributed by atoms with Crippen LogP contribution in [-0.4, -0.2) is 48.3 Å². The summed E-state index contributed by atoms with van der Waals surface area (Å²) in [4.78, 5) is 2.56. The van der Waals surface area contributed by atoms with E-state index in [9.17, 15) is 5.11 Å². The number of hydrogen-bond acceptors (Lipinski definition) is 3. The van der Waals surface area contributed by atoms with E-state index in [0.717, 1.165) is 6.54 Å². The van der Waals surface area contributed by atoms with E-state index in [-0.39, 0.29) is 0 Å². The summed E-state index contributed by atoms with van der Waals surface area (Å²) in [6.07, 6.45) is 9.35. The predicted octanol–water partition coefficient (Wildman–Crippen LogP) is 2.39. The van der Waals surface area contributed by atoms with Gasteiger partial charge in [0.05, 0.1) is 6.61 Å². The first-order chi connectivity index (χ1) is 9.15. The minimum Gasteiger partial charge on any atom is -0.395 e. The van der Waals surface area contributed by atoms with Crippen LogP contribution in [0.2, 0.25) is 0 Å². The predicted molar refractivity (Wildman–Crippen MR) is 80.3 cm³/mol. The van der Waals surface area contributed by atoms with Crippen molar-refractivity contribution < 1.29 is 5.11 Å². The lowest BCUT2D eigenvalue weighted by molar-refractivity contribution is 0.0725. The van der Waals surface area contributed by atoms with Crippen molar-refractivity contribution in [2.24, 2.45) is 5.41 Å². The Morgan fingerprint density at radius 1 is 1.21 bits per heavy atom. The molecule has 0 bridgehead atoms. The molecule has 0 radical (unpaired) electrons. The molecular weight excluding hydrogens is 236 g/mol. The highest BCUT2D eigenvalue weighted by molar-refractivity contribution is 4.91. The molecular formula is C16H32N2O. The fourth-order valence-electron chi connectivity index (χ4n) is 3.85. The number of rotatable bonds is 6. The van der Waals surface area contributed by atoms with E-state index in [1.165, 1.54) is 58.0 Å². The van der Waals surface area contributed by atoms with Gasteiger partial charge in [-0.15, -0.1) is 0 Å². The van der Waals surface area contributed by atoms with Crippen LogP contribution in [0.5, 0.6) is 0 Å². The van der Waals surface area contributed by atoms with Gasteiger partial charge in [-0.1, -0.05) is 33.1 Å². The second-order valence-corrected chi connectivity index (χ2v) is 7.05. The maximum absolute atomic E-state index is 9.51. The summed E-state index contributed by atoms with van der Waals surface area (Å²) in [5, 5.41) is 13.2. The summed E-state index contributed by atoms with van der Waals surface area (Å²) in [5.74, 6) is 0. The third-order valence-corrected chi connectivity index (χ3v) is 5.05. The van der Waals surface area contributed by atoms with E-state index < -0.39 is 0 Å². The molecule has 19 heavy (non-hydrogen) atoms. The van der Waals surface area contributed by atoms with E-state index in [2.05, 4.69) is 24.1 Å². The summed E-state index contributed by atoms with van der Waals surface area (Å²) >= 11 is 0. The lowest BCUT2D eigenvalue weighted by Crippen LogP contribution is -2.48. The molecule has 0 aromatic carbocycles. The Hall–Kier alpha value is -0.120. The number of nitrogens with one attached hydrogen (secondary N) is 1. The zero-order valence-corrected chi connectivity index (χ0v) is 12.8. The van der Waals surface area contributed by atoms with Gasteiger partial charge in [0.2, 0.25) is 0 Å². The van der Waals surface area contributed by atoms with Crippen LogP contribution >= 0.6 is 0 Å². The molecule has 1 saturated heterocycles. The molecule has 0 spiro atoms. The van der Waals surface area contributed by atoms with Gasteiger partial charge in [-0.25, -0.2) is 0 Å². The van der Waals surface area contributed by atoms with Gasteiger partial charge < -0.3 is 10.4 Å². The first kappa shape index (κ1) is 15.3. The molecule has 2 N–H and O–H groups in total. The fraction of sp³-hybridized carbons (Fsp3) is 1.00. The molecule has 0 aromatic rings. The van der Waals surface area contributed by atoms with Crippen LogP contribution in [-0.2, 0) is 0 Å². The zero-order valence-electron chi connectivity index (χ0n) is 12.8. The number of likely N-dealkylation sites (tertiary alicyclic amines) is 1. The number of nitrogens with zero attached hydrogens (tertiary/aromatic N) is 1. The van der Waals surface area contributed by atoms with Crippen molar-refractivity contribution in [2.45, 2.75) is 70.9 Å². The van der Waals surface area contributed by atoms with Crippen molar-refractivity contribution in [3.63, 3.8) is 0 Å². The van der Waals surface area contributed by atoms with Crippen LogP contribution in [0.3, 0.4) is 0 Å². The molecule has 112 valence electrons. The minimum absolute atomic E-state index is 0.341. The first-order valence-electron chi connectivity index (χ1n) is 8.23. The molecule has 1 unspecified atom stereocenters. The van der Waals surface area contributed by atoms with Gasteiger partial charge in [-0.3, -0.25) is 4.90 Å². The number of aliphatic hydroxyl groups is 1. The van der Waals surface area contributed by atoms with Crippen molar-refractivity contribution in [2.75, 3.05) is 26.2 Å². The van der Waals surface area contributed by atoms with E-state index >= 15 is 0 Å². The van der Waals surface area contributed by atoms with Crippen LogP contribution in [0.25, 0.3) is 0 Å².